The van der Waals surface area contributed by atoms with Crippen LogP contribution >= 0.6 is 0 Å². The maximum absolute atomic E-state index is 11.9. The van der Waals surface area contributed by atoms with Gasteiger partial charge < -0.3 is 15.7 Å². The molecule has 1 rings (SSSR count). The Morgan fingerprint density at radius 3 is 2.73 bits per heavy atom. The van der Waals surface area contributed by atoms with Gasteiger partial charge in [-0.15, -0.1) is 0 Å². The Morgan fingerprint density at radius 1 is 1.60 bits per heavy atom. The number of aliphatic hydroxyl groups is 1. The first-order chi connectivity index (χ1) is 7.02. The number of rotatable bonds is 4. The molecule has 3 unspecified atom stereocenters. The second kappa shape index (κ2) is 5.47. The fourth-order valence-corrected chi connectivity index (χ4v) is 2.07. The first-order valence-electron chi connectivity index (χ1n) is 5.71. The second-order valence-corrected chi connectivity index (χ2v) is 4.60. The highest BCUT2D eigenvalue weighted by Gasteiger charge is 2.31. The zero-order chi connectivity index (χ0) is 11.4. The topological polar surface area (TPSA) is 66.6 Å². The molecule has 0 heterocycles. The summed E-state index contributed by atoms with van der Waals surface area (Å²) in [6.07, 6.45) is 3.21. The van der Waals surface area contributed by atoms with E-state index in [1.165, 1.54) is 0 Å². The van der Waals surface area contributed by atoms with E-state index in [9.17, 15) is 4.79 Å². The number of carbonyl (C=O) groups is 1. The third-order valence-electron chi connectivity index (χ3n) is 3.15. The van der Waals surface area contributed by atoms with Gasteiger partial charge in [0.2, 0.25) is 5.91 Å². The van der Waals surface area contributed by atoms with Crippen molar-refractivity contribution in [2.75, 3.05) is 13.6 Å². The smallest absolute Gasteiger partial charge is 0.226 e. The van der Waals surface area contributed by atoms with Crippen molar-refractivity contribution in [1.29, 1.82) is 0 Å². The molecule has 4 nitrogen and oxygen atoms in total. The van der Waals surface area contributed by atoms with Crippen LogP contribution in [0.3, 0.4) is 0 Å². The lowest BCUT2D eigenvalue weighted by molar-refractivity contribution is -0.134. The third kappa shape index (κ3) is 3.47. The second-order valence-electron chi connectivity index (χ2n) is 4.60. The van der Waals surface area contributed by atoms with E-state index < -0.39 is 0 Å². The van der Waals surface area contributed by atoms with Crippen molar-refractivity contribution in [3.63, 3.8) is 0 Å². The SMILES string of the molecule is CC(O)CCN(C)C(=O)C1CCCC1N. The van der Waals surface area contributed by atoms with Crippen LogP contribution < -0.4 is 5.73 Å². The molecule has 1 saturated carbocycles. The number of amides is 1. The van der Waals surface area contributed by atoms with E-state index in [4.69, 9.17) is 10.8 Å². The predicted octanol–water partition coefficient (Wildman–Crippen LogP) is 0.343. The summed E-state index contributed by atoms with van der Waals surface area (Å²) in [6, 6.07) is 0.0338. The summed E-state index contributed by atoms with van der Waals surface area (Å²) in [5.41, 5.74) is 5.88. The van der Waals surface area contributed by atoms with Gasteiger partial charge in [-0.05, 0) is 26.2 Å². The van der Waals surface area contributed by atoms with Crippen LogP contribution in [0.2, 0.25) is 0 Å². The van der Waals surface area contributed by atoms with E-state index in [1.54, 1.807) is 18.9 Å². The molecule has 88 valence electrons. The first kappa shape index (κ1) is 12.5. The minimum Gasteiger partial charge on any atom is -0.393 e. The van der Waals surface area contributed by atoms with E-state index in [1.807, 2.05) is 0 Å². The molecule has 0 aromatic rings. The standard InChI is InChI=1S/C11H22N2O2/c1-8(14)6-7-13(2)11(15)9-4-3-5-10(9)12/h8-10,14H,3-7,12H2,1-2H3. The quantitative estimate of drug-likeness (QED) is 0.709. The summed E-state index contributed by atoms with van der Waals surface area (Å²) in [6.45, 7) is 2.35. The van der Waals surface area contributed by atoms with Crippen molar-refractivity contribution in [3.05, 3.63) is 0 Å². The van der Waals surface area contributed by atoms with Gasteiger partial charge in [0.05, 0.1) is 12.0 Å². The zero-order valence-corrected chi connectivity index (χ0v) is 9.65. The lowest BCUT2D eigenvalue weighted by Crippen LogP contribution is -2.40. The molecular weight excluding hydrogens is 192 g/mol. The normalized spacial score (nSPS) is 27.7. The number of carbonyl (C=O) groups excluding carboxylic acids is 1. The van der Waals surface area contributed by atoms with Gasteiger partial charge in [0.1, 0.15) is 0 Å². The summed E-state index contributed by atoms with van der Waals surface area (Å²) < 4.78 is 0. The Bertz CT molecular complexity index is 219. The molecule has 0 aromatic heterocycles. The van der Waals surface area contributed by atoms with Crippen LogP contribution in [-0.2, 0) is 4.79 Å². The molecule has 3 N–H and O–H groups in total. The molecule has 4 heteroatoms. The van der Waals surface area contributed by atoms with Gasteiger partial charge in [-0.25, -0.2) is 0 Å². The summed E-state index contributed by atoms with van der Waals surface area (Å²) >= 11 is 0. The minimum absolute atomic E-state index is 0.00370. The average Bonchev–Trinajstić information content (AvgIpc) is 2.59. The first-order valence-corrected chi connectivity index (χ1v) is 5.71. The molecule has 0 radical (unpaired) electrons. The van der Waals surface area contributed by atoms with Crippen LogP contribution in [0, 0.1) is 5.92 Å². The molecule has 1 fully saturated rings. The van der Waals surface area contributed by atoms with E-state index in [-0.39, 0.29) is 24.0 Å². The molecule has 0 aliphatic heterocycles. The van der Waals surface area contributed by atoms with Crippen molar-refractivity contribution in [2.45, 2.75) is 44.8 Å². The maximum Gasteiger partial charge on any atom is 0.226 e. The Balaban J connectivity index is 2.38. The van der Waals surface area contributed by atoms with Gasteiger partial charge in [-0.2, -0.15) is 0 Å². The van der Waals surface area contributed by atoms with Crippen molar-refractivity contribution >= 4 is 5.91 Å². The molecule has 0 bridgehead atoms. The molecule has 0 spiro atoms. The Kier molecular flexibility index (Phi) is 4.54. The summed E-state index contributed by atoms with van der Waals surface area (Å²) in [4.78, 5) is 13.6. The van der Waals surface area contributed by atoms with Gasteiger partial charge in [0, 0.05) is 19.6 Å². The van der Waals surface area contributed by atoms with E-state index in [0.29, 0.717) is 13.0 Å². The van der Waals surface area contributed by atoms with Crippen LogP contribution in [-0.4, -0.2) is 41.7 Å². The van der Waals surface area contributed by atoms with Gasteiger partial charge in [-0.1, -0.05) is 6.42 Å². The van der Waals surface area contributed by atoms with E-state index in [0.717, 1.165) is 19.3 Å². The summed E-state index contributed by atoms with van der Waals surface area (Å²) in [7, 11) is 1.79. The third-order valence-corrected chi connectivity index (χ3v) is 3.15. The predicted molar refractivity (Wildman–Crippen MR) is 59.3 cm³/mol. The fraction of sp³-hybridized carbons (Fsp3) is 0.909. The Hall–Kier alpha value is -0.610. The molecule has 3 atom stereocenters. The lowest BCUT2D eigenvalue weighted by Gasteiger charge is -2.23. The molecule has 0 saturated heterocycles. The van der Waals surface area contributed by atoms with Gasteiger partial charge in [0.15, 0.2) is 0 Å². The van der Waals surface area contributed by atoms with Crippen molar-refractivity contribution in [1.82, 2.24) is 4.90 Å². The van der Waals surface area contributed by atoms with Gasteiger partial charge >= 0.3 is 0 Å². The molecule has 1 aliphatic carbocycles. The van der Waals surface area contributed by atoms with E-state index >= 15 is 0 Å². The minimum atomic E-state index is -0.350. The monoisotopic (exact) mass is 214 g/mol. The van der Waals surface area contributed by atoms with Crippen LogP contribution in [0.5, 0.6) is 0 Å². The highest BCUT2D eigenvalue weighted by Crippen LogP contribution is 2.25. The lowest BCUT2D eigenvalue weighted by atomic mass is 10.0. The fourth-order valence-electron chi connectivity index (χ4n) is 2.07. The van der Waals surface area contributed by atoms with Crippen molar-refractivity contribution in [3.8, 4) is 0 Å². The van der Waals surface area contributed by atoms with Crippen LogP contribution in [0.1, 0.15) is 32.6 Å². The van der Waals surface area contributed by atoms with Crippen molar-refractivity contribution < 1.29 is 9.90 Å². The molecule has 1 aliphatic rings. The number of hydrogen-bond acceptors (Lipinski definition) is 3. The largest absolute Gasteiger partial charge is 0.393 e. The highest BCUT2D eigenvalue weighted by atomic mass is 16.3. The number of aliphatic hydroxyl groups excluding tert-OH is 1. The van der Waals surface area contributed by atoms with E-state index in [2.05, 4.69) is 0 Å². The summed E-state index contributed by atoms with van der Waals surface area (Å²) in [5.74, 6) is 0.143. The number of hydrogen-bond donors (Lipinski definition) is 2. The Labute approximate surface area is 91.4 Å². The van der Waals surface area contributed by atoms with Gasteiger partial charge in [0.25, 0.3) is 0 Å². The van der Waals surface area contributed by atoms with Gasteiger partial charge in [-0.3, -0.25) is 4.79 Å². The number of nitrogens with two attached hydrogens (primary N) is 1. The molecule has 0 aromatic carbocycles. The van der Waals surface area contributed by atoms with Crippen LogP contribution in [0.4, 0.5) is 0 Å². The Morgan fingerprint density at radius 2 is 2.27 bits per heavy atom. The van der Waals surface area contributed by atoms with Crippen molar-refractivity contribution in [2.24, 2.45) is 11.7 Å². The maximum atomic E-state index is 11.9. The molecule has 15 heavy (non-hydrogen) atoms. The van der Waals surface area contributed by atoms with Crippen LogP contribution in [0.25, 0.3) is 0 Å². The van der Waals surface area contributed by atoms with Crippen LogP contribution in [0.15, 0.2) is 0 Å². The summed E-state index contributed by atoms with van der Waals surface area (Å²) in [5, 5.41) is 9.14. The average molecular weight is 214 g/mol. The molecule has 1 amide bonds. The number of nitrogens with zero attached hydrogens (tertiary/aromatic N) is 1. The highest BCUT2D eigenvalue weighted by molar-refractivity contribution is 5.79. The zero-order valence-electron chi connectivity index (χ0n) is 9.65. The molecular formula is C11H22N2O2.